The highest BCUT2D eigenvalue weighted by atomic mass is 15.1. The van der Waals surface area contributed by atoms with Gasteiger partial charge in [-0.05, 0) is 0 Å². The van der Waals surface area contributed by atoms with Gasteiger partial charge in [-0.1, -0.05) is 0 Å². The average Bonchev–Trinajstić information content (AvgIpc) is 2.10. The lowest BCUT2D eigenvalue weighted by molar-refractivity contribution is 1.05. The van der Waals surface area contributed by atoms with Crippen molar-refractivity contribution in [3.63, 3.8) is 0 Å². The molecule has 10 heteroatoms. The molecule has 0 bridgehead atoms. The van der Waals surface area contributed by atoms with Gasteiger partial charge in [-0.25, -0.2) is 10.2 Å². The van der Waals surface area contributed by atoms with Gasteiger partial charge in [-0.2, -0.15) is 0 Å². The molecule has 0 saturated carbocycles. The van der Waals surface area contributed by atoms with Gasteiger partial charge in [0.1, 0.15) is 0 Å². The summed E-state index contributed by atoms with van der Waals surface area (Å²) in [7, 11) is 20.2. The minimum Gasteiger partial charge on any atom is -0.205 e. The van der Waals surface area contributed by atoms with Crippen LogP contribution in [0, 0.1) is 0 Å². The molecular weight excluding hydrogens is 139 g/mol. The van der Waals surface area contributed by atoms with Crippen molar-refractivity contribution in [3.05, 3.63) is 0 Å². The molecule has 0 aliphatic rings. The molecule has 46 valence electrons. The van der Waals surface area contributed by atoms with Crippen molar-refractivity contribution in [1.29, 1.82) is 0 Å². The summed E-state index contributed by atoms with van der Waals surface area (Å²) in [6.07, 6.45) is 1.13. The van der Waals surface area contributed by atoms with Gasteiger partial charge >= 0.3 is 0 Å². The molecule has 0 N–H and O–H groups in total. The highest BCUT2D eigenvalue weighted by molar-refractivity contribution is 7.41. The minimum atomic E-state index is 0.563. The third kappa shape index (κ3) is 10.1. The molecule has 0 unspecified atom stereocenters. The van der Waals surface area contributed by atoms with Gasteiger partial charge < -0.3 is 0 Å². The van der Waals surface area contributed by atoms with Crippen LogP contribution in [0.5, 0.6) is 0 Å². The van der Waals surface area contributed by atoms with Crippen LogP contribution in [0.15, 0.2) is 10.2 Å². The molecule has 0 aromatic carbocycles. The van der Waals surface area contributed by atoms with Crippen LogP contribution in [-0.4, -0.2) is 70.9 Å². The van der Waals surface area contributed by atoms with Crippen LogP contribution >= 0.6 is 0 Å². The Morgan fingerprint density at radius 2 is 1.25 bits per heavy atom. The quantitative estimate of drug-likeness (QED) is 0.202. The van der Waals surface area contributed by atoms with E-state index < -0.39 is 0 Å². The summed E-state index contributed by atoms with van der Waals surface area (Å²) in [6.45, 7) is 0. The van der Waals surface area contributed by atoms with Crippen molar-refractivity contribution in [2.45, 2.75) is 0 Å². The van der Waals surface area contributed by atoms with E-state index in [1.807, 2.05) is 14.3 Å². The molecule has 0 atom stereocenters. The van der Waals surface area contributed by atoms with Gasteiger partial charge in [0.15, 0.2) is 0 Å². The molecule has 0 aromatic heterocycles. The van der Waals surface area contributed by atoms with Crippen LogP contribution in [0.3, 0.4) is 0 Å². The predicted octanol–water partition coefficient (Wildman–Crippen LogP) is -2.59. The normalized spacial score (nSPS) is 9.00. The van der Waals surface area contributed by atoms with E-state index in [4.69, 9.17) is 15.5 Å². The van der Waals surface area contributed by atoms with Gasteiger partial charge in [0.25, 0.3) is 0 Å². The van der Waals surface area contributed by atoms with Gasteiger partial charge in [0, 0.05) is 56.6 Å². The maximum Gasteiger partial charge on any atom is 0.0862 e. The van der Waals surface area contributed by atoms with Crippen LogP contribution in [0.25, 0.3) is 0 Å². The lowest BCUT2D eigenvalue weighted by Gasteiger charge is -1.89. The molecule has 0 aliphatic heterocycles. The Kier molecular flexibility index (Phi) is 11.2. The van der Waals surface area contributed by atoms with Crippen LogP contribution in [-0.2, 0) is 0 Å². The third-order valence-corrected chi connectivity index (χ3v) is 0.969. The second-order valence-corrected chi connectivity index (χ2v) is 1.89. The molecule has 0 aliphatic carbocycles. The molecule has 10 radical (unpaired) electrons. The Morgan fingerprint density at radius 1 is 0.833 bits per heavy atom. The van der Waals surface area contributed by atoms with E-state index in [1.54, 1.807) is 14.1 Å². The largest absolute Gasteiger partial charge is 0.205 e. The van der Waals surface area contributed by atoms with E-state index in [9.17, 15) is 0 Å². The molecular formula is C2H4B8N2. The van der Waals surface area contributed by atoms with E-state index in [-0.39, 0.29) is 0 Å². The first-order valence-corrected chi connectivity index (χ1v) is 3.65. The van der Waals surface area contributed by atoms with E-state index in [0.717, 1.165) is 0 Å². The second-order valence-electron chi connectivity index (χ2n) is 1.89. The predicted molar refractivity (Wildman–Crippen MR) is 60.6 cm³/mol. The number of hydrogen-bond donors (Lipinski definition) is 0. The lowest BCUT2D eigenvalue weighted by atomic mass is 9.13. The highest BCUT2D eigenvalue weighted by Gasteiger charge is 1.88. The Balaban J connectivity index is 2.93. The van der Waals surface area contributed by atoms with E-state index in [2.05, 4.69) is 10.2 Å². The summed E-state index contributed by atoms with van der Waals surface area (Å²) in [4.78, 5) is 0. The monoisotopic (exact) mass is 144 g/mol. The van der Waals surface area contributed by atoms with E-state index in [1.165, 1.54) is 14.1 Å². The van der Waals surface area contributed by atoms with E-state index >= 15 is 0 Å². The Bertz CT molecular complexity index is 95.2. The first kappa shape index (κ1) is 12.1. The Morgan fingerprint density at radius 3 is 1.58 bits per heavy atom. The SMILES string of the molecule is [B][B][B][B]CN=NC[B][B][B][B]. The standard InChI is InChI=1S/C2H4B8N2/c3-7-9-5-1-11-12-2-6-10-8-4/h1-2H2. The van der Waals surface area contributed by atoms with Crippen molar-refractivity contribution in [2.75, 3.05) is 12.9 Å². The number of azo groups is 1. The summed E-state index contributed by atoms with van der Waals surface area (Å²) in [5.74, 6) is 0. The van der Waals surface area contributed by atoms with Crippen molar-refractivity contribution in [3.8, 4) is 0 Å². The fourth-order valence-corrected chi connectivity index (χ4v) is 0.489. The molecule has 0 heterocycles. The van der Waals surface area contributed by atoms with Gasteiger partial charge in [-0.15, -0.1) is 0 Å². The molecule has 0 spiro atoms. The molecule has 0 aromatic rings. The summed E-state index contributed by atoms with van der Waals surface area (Å²) in [6, 6.07) is 0. The molecule has 0 saturated heterocycles. The highest BCUT2D eigenvalue weighted by Crippen LogP contribution is 1.72. The minimum absolute atomic E-state index is 0.563. The fourth-order valence-electron chi connectivity index (χ4n) is 0.489. The first-order valence-electron chi connectivity index (χ1n) is 3.65. The van der Waals surface area contributed by atoms with Gasteiger partial charge in [0.2, 0.25) is 0 Å². The zero-order valence-corrected chi connectivity index (χ0v) is 6.93. The third-order valence-electron chi connectivity index (χ3n) is 0.969. The zero-order valence-electron chi connectivity index (χ0n) is 6.93. The molecule has 12 heavy (non-hydrogen) atoms. The van der Waals surface area contributed by atoms with Crippen molar-refractivity contribution in [2.24, 2.45) is 10.2 Å². The topological polar surface area (TPSA) is 24.7 Å². The maximum absolute atomic E-state index is 5.10. The zero-order chi connectivity index (χ0) is 9.07. The lowest BCUT2D eigenvalue weighted by Crippen LogP contribution is -2.16. The van der Waals surface area contributed by atoms with Crippen LogP contribution in [0.4, 0.5) is 0 Å². The van der Waals surface area contributed by atoms with Gasteiger partial charge in [-0.3, -0.25) is 0 Å². The van der Waals surface area contributed by atoms with Crippen LogP contribution in [0.1, 0.15) is 0 Å². The molecule has 0 fully saturated rings. The average molecular weight is 143 g/mol. The fraction of sp³-hybridized carbons (Fsp3) is 1.00. The summed E-state index contributed by atoms with van der Waals surface area (Å²) < 4.78 is 0. The van der Waals surface area contributed by atoms with Crippen LogP contribution in [0.2, 0.25) is 0 Å². The first-order chi connectivity index (χ1) is 5.91. The maximum atomic E-state index is 5.10. The Labute approximate surface area is 81.7 Å². The summed E-state index contributed by atoms with van der Waals surface area (Å²) in [5.41, 5.74) is 0. The molecule has 2 nitrogen and oxygen atoms in total. The molecule has 0 amide bonds. The van der Waals surface area contributed by atoms with Crippen molar-refractivity contribution >= 4 is 58.1 Å². The smallest absolute Gasteiger partial charge is 0.0862 e. The Hall–Kier alpha value is 0.119. The number of hydrogen-bond acceptors (Lipinski definition) is 2. The summed E-state index contributed by atoms with van der Waals surface area (Å²) >= 11 is 0. The molecule has 0 rings (SSSR count). The second kappa shape index (κ2) is 11.1. The van der Waals surface area contributed by atoms with Crippen LogP contribution < -0.4 is 0 Å². The van der Waals surface area contributed by atoms with E-state index in [0.29, 0.717) is 12.9 Å². The van der Waals surface area contributed by atoms with Crippen molar-refractivity contribution < 1.29 is 0 Å². The number of rotatable bonds is 8. The summed E-state index contributed by atoms with van der Waals surface area (Å²) in [5, 5.41) is 7.67. The van der Waals surface area contributed by atoms with Crippen molar-refractivity contribution in [1.82, 2.24) is 0 Å². The number of nitrogens with zero attached hydrogens (tertiary/aromatic N) is 2. The van der Waals surface area contributed by atoms with Gasteiger partial charge in [0.05, 0.1) is 14.3 Å².